The van der Waals surface area contributed by atoms with Gasteiger partial charge in [0.1, 0.15) is 0 Å². The highest BCUT2D eigenvalue weighted by atomic mass is 16.2. The fourth-order valence-electron chi connectivity index (χ4n) is 3.24. The summed E-state index contributed by atoms with van der Waals surface area (Å²) in [4.78, 5) is 23.0. The van der Waals surface area contributed by atoms with Gasteiger partial charge in [-0.25, -0.2) is 9.97 Å². The first-order valence-corrected chi connectivity index (χ1v) is 7.83. The largest absolute Gasteiger partial charge is 0.382 e. The Balaban J connectivity index is 1.80. The summed E-state index contributed by atoms with van der Waals surface area (Å²) >= 11 is 0. The minimum atomic E-state index is -0.193. The van der Waals surface area contributed by atoms with Gasteiger partial charge in [-0.05, 0) is 17.7 Å². The van der Waals surface area contributed by atoms with Crippen molar-refractivity contribution in [1.82, 2.24) is 19.4 Å². The Morgan fingerprint density at radius 1 is 1.04 bits per heavy atom. The van der Waals surface area contributed by atoms with Gasteiger partial charge in [0.2, 0.25) is 0 Å². The number of rotatable bonds is 2. The number of nitrogens with zero attached hydrogens (tertiary/aromatic N) is 4. The maximum atomic E-state index is 13.1. The number of hydrogen-bond donors (Lipinski definition) is 1. The van der Waals surface area contributed by atoms with Crippen molar-refractivity contribution in [2.75, 3.05) is 12.3 Å². The number of anilines is 1. The molecule has 0 fully saturated rings. The molecule has 6 heteroatoms. The number of benzene rings is 1. The molecule has 1 atom stereocenters. The SMILES string of the molecule is Nc1nccnc1C(=O)N1CCn2cccc2C1c1ccccc1. The molecule has 0 bridgehead atoms. The fraction of sp³-hybridized carbons (Fsp3) is 0.167. The molecule has 3 aromatic rings. The van der Waals surface area contributed by atoms with E-state index in [4.69, 9.17) is 5.73 Å². The Morgan fingerprint density at radius 3 is 2.62 bits per heavy atom. The van der Waals surface area contributed by atoms with Gasteiger partial charge >= 0.3 is 0 Å². The van der Waals surface area contributed by atoms with Crippen LogP contribution in [0.2, 0.25) is 0 Å². The van der Waals surface area contributed by atoms with E-state index in [-0.39, 0.29) is 23.5 Å². The normalized spacial score (nSPS) is 16.7. The van der Waals surface area contributed by atoms with Crippen molar-refractivity contribution in [3.8, 4) is 0 Å². The van der Waals surface area contributed by atoms with Gasteiger partial charge in [-0.15, -0.1) is 0 Å². The molecule has 3 heterocycles. The van der Waals surface area contributed by atoms with Gasteiger partial charge in [0.25, 0.3) is 5.91 Å². The first kappa shape index (κ1) is 14.4. The van der Waals surface area contributed by atoms with Crippen molar-refractivity contribution < 1.29 is 4.79 Å². The molecule has 6 nitrogen and oxygen atoms in total. The smallest absolute Gasteiger partial charge is 0.277 e. The Hall–Kier alpha value is -3.15. The number of amides is 1. The summed E-state index contributed by atoms with van der Waals surface area (Å²) in [5.41, 5.74) is 8.22. The van der Waals surface area contributed by atoms with Gasteiger partial charge < -0.3 is 15.2 Å². The summed E-state index contributed by atoms with van der Waals surface area (Å²) in [5.74, 6) is -0.0304. The molecule has 0 aliphatic carbocycles. The highest BCUT2D eigenvalue weighted by Gasteiger charge is 2.33. The molecule has 2 aromatic heterocycles. The zero-order valence-electron chi connectivity index (χ0n) is 13.0. The van der Waals surface area contributed by atoms with Gasteiger partial charge in [0, 0.05) is 37.4 Å². The summed E-state index contributed by atoms with van der Waals surface area (Å²) in [7, 11) is 0. The van der Waals surface area contributed by atoms with Gasteiger partial charge in [-0.3, -0.25) is 4.79 Å². The molecular weight excluding hydrogens is 302 g/mol. The minimum Gasteiger partial charge on any atom is -0.382 e. The average Bonchev–Trinajstić information content (AvgIpc) is 3.10. The Labute approximate surface area is 139 Å². The van der Waals surface area contributed by atoms with Crippen LogP contribution in [0, 0.1) is 0 Å². The van der Waals surface area contributed by atoms with Crippen LogP contribution in [0.1, 0.15) is 27.8 Å². The lowest BCUT2D eigenvalue weighted by atomic mass is 9.99. The van der Waals surface area contributed by atoms with E-state index in [0.29, 0.717) is 6.54 Å². The highest BCUT2D eigenvalue weighted by molar-refractivity contribution is 5.96. The number of carbonyl (C=O) groups is 1. The van der Waals surface area contributed by atoms with Gasteiger partial charge in [-0.1, -0.05) is 30.3 Å². The topological polar surface area (TPSA) is 77.0 Å². The highest BCUT2D eigenvalue weighted by Crippen LogP contribution is 2.33. The van der Waals surface area contributed by atoms with E-state index in [1.54, 1.807) is 0 Å². The van der Waals surface area contributed by atoms with Crippen LogP contribution in [0.25, 0.3) is 0 Å². The summed E-state index contributed by atoms with van der Waals surface area (Å²) in [6.07, 6.45) is 5.03. The lowest BCUT2D eigenvalue weighted by Crippen LogP contribution is -2.43. The van der Waals surface area contributed by atoms with E-state index in [1.165, 1.54) is 12.4 Å². The molecule has 4 rings (SSSR count). The lowest BCUT2D eigenvalue weighted by Gasteiger charge is -2.37. The molecule has 1 aliphatic rings. The third-order valence-electron chi connectivity index (χ3n) is 4.34. The second-order valence-corrected chi connectivity index (χ2v) is 5.73. The predicted octanol–water partition coefficient (Wildman–Crippen LogP) is 2.11. The second-order valence-electron chi connectivity index (χ2n) is 5.73. The zero-order valence-corrected chi connectivity index (χ0v) is 13.0. The molecule has 1 amide bonds. The monoisotopic (exact) mass is 319 g/mol. The fourth-order valence-corrected chi connectivity index (χ4v) is 3.24. The van der Waals surface area contributed by atoms with Crippen molar-refractivity contribution in [1.29, 1.82) is 0 Å². The molecular formula is C18H17N5O. The van der Waals surface area contributed by atoms with Crippen molar-refractivity contribution >= 4 is 11.7 Å². The maximum absolute atomic E-state index is 13.1. The van der Waals surface area contributed by atoms with Crippen molar-refractivity contribution in [2.24, 2.45) is 0 Å². The molecule has 24 heavy (non-hydrogen) atoms. The standard InChI is InChI=1S/C18H17N5O/c19-17-15(20-8-9-21-17)18(24)23-12-11-22-10-4-7-14(22)16(23)13-5-2-1-3-6-13/h1-10,16H,11-12H2,(H2,19,21). The number of nitrogens with two attached hydrogens (primary N) is 1. The van der Waals surface area contributed by atoms with Crippen molar-refractivity contribution in [2.45, 2.75) is 12.6 Å². The summed E-state index contributed by atoms with van der Waals surface area (Å²) in [6, 6.07) is 13.9. The van der Waals surface area contributed by atoms with Gasteiger partial charge in [0.05, 0.1) is 6.04 Å². The number of nitrogen functional groups attached to an aromatic ring is 1. The quantitative estimate of drug-likeness (QED) is 0.785. The van der Waals surface area contributed by atoms with Crippen molar-refractivity contribution in [3.63, 3.8) is 0 Å². The number of fused-ring (bicyclic) bond motifs is 1. The molecule has 1 aromatic carbocycles. The summed E-state index contributed by atoms with van der Waals surface area (Å²) in [6.45, 7) is 1.34. The molecule has 0 saturated carbocycles. The van der Waals surface area contributed by atoms with E-state index in [2.05, 4.69) is 20.6 Å². The Bertz CT molecular complexity index is 874. The third-order valence-corrected chi connectivity index (χ3v) is 4.34. The van der Waals surface area contributed by atoms with Gasteiger partial charge in [-0.2, -0.15) is 0 Å². The van der Waals surface area contributed by atoms with Gasteiger partial charge in [0.15, 0.2) is 11.5 Å². The number of hydrogen-bond acceptors (Lipinski definition) is 4. The first-order valence-electron chi connectivity index (χ1n) is 7.83. The molecule has 2 N–H and O–H groups in total. The molecule has 0 radical (unpaired) electrons. The Kier molecular flexibility index (Phi) is 3.49. The van der Waals surface area contributed by atoms with Crippen LogP contribution in [0.15, 0.2) is 61.1 Å². The van der Waals surface area contributed by atoms with E-state index < -0.39 is 0 Å². The third kappa shape index (κ3) is 2.32. The molecule has 1 unspecified atom stereocenters. The van der Waals surface area contributed by atoms with Crippen molar-refractivity contribution in [3.05, 3.63) is 78.0 Å². The van der Waals surface area contributed by atoms with E-state index in [9.17, 15) is 4.79 Å². The first-order chi connectivity index (χ1) is 11.8. The second kappa shape index (κ2) is 5.81. The molecule has 1 aliphatic heterocycles. The van der Waals surface area contributed by atoms with Crippen LogP contribution >= 0.6 is 0 Å². The summed E-state index contributed by atoms with van der Waals surface area (Å²) < 4.78 is 2.18. The Morgan fingerprint density at radius 2 is 1.83 bits per heavy atom. The predicted molar refractivity (Wildman–Crippen MR) is 90.2 cm³/mol. The molecule has 0 saturated heterocycles. The van der Waals surface area contributed by atoms with E-state index in [1.807, 2.05) is 47.5 Å². The minimum absolute atomic E-state index is 0.162. The van der Waals surface area contributed by atoms with Crippen LogP contribution in [0.5, 0.6) is 0 Å². The van der Waals surface area contributed by atoms with Crippen LogP contribution in [-0.4, -0.2) is 31.9 Å². The number of aromatic nitrogens is 3. The van der Waals surface area contributed by atoms with Crippen LogP contribution < -0.4 is 5.73 Å². The van der Waals surface area contributed by atoms with E-state index in [0.717, 1.165) is 17.8 Å². The molecule has 120 valence electrons. The zero-order chi connectivity index (χ0) is 16.5. The van der Waals surface area contributed by atoms with Crippen LogP contribution in [0.4, 0.5) is 5.82 Å². The number of carbonyl (C=O) groups excluding carboxylic acids is 1. The summed E-state index contributed by atoms with van der Waals surface area (Å²) in [5, 5.41) is 0. The molecule has 0 spiro atoms. The maximum Gasteiger partial charge on any atom is 0.277 e. The average molecular weight is 319 g/mol. The van der Waals surface area contributed by atoms with Crippen LogP contribution in [-0.2, 0) is 6.54 Å². The van der Waals surface area contributed by atoms with Crippen LogP contribution in [0.3, 0.4) is 0 Å². The van der Waals surface area contributed by atoms with E-state index >= 15 is 0 Å². The lowest BCUT2D eigenvalue weighted by molar-refractivity contribution is 0.0659.